The van der Waals surface area contributed by atoms with Gasteiger partial charge >= 0.3 is 5.97 Å². The van der Waals surface area contributed by atoms with Crippen molar-refractivity contribution in [1.82, 2.24) is 5.06 Å². The predicted octanol–water partition coefficient (Wildman–Crippen LogP) is 3.85. The van der Waals surface area contributed by atoms with E-state index in [9.17, 15) is 19.2 Å². The number of benzene rings is 2. The first-order valence-electron chi connectivity index (χ1n) is 8.79. The molecule has 7 nitrogen and oxygen atoms in total. The molecule has 1 aromatic heterocycles. The Balaban J connectivity index is 1.35. The van der Waals surface area contributed by atoms with Crippen LogP contribution in [0.3, 0.4) is 0 Å². The van der Waals surface area contributed by atoms with Gasteiger partial charge in [-0.25, -0.2) is 4.79 Å². The first kappa shape index (κ1) is 19.9. The molecule has 9 heteroatoms. The number of hydrogen-bond donors (Lipinski definition) is 1. The van der Waals surface area contributed by atoms with E-state index in [2.05, 4.69) is 5.32 Å². The topological polar surface area (TPSA) is 92.8 Å². The van der Waals surface area contributed by atoms with E-state index in [4.69, 9.17) is 4.84 Å². The summed E-state index contributed by atoms with van der Waals surface area (Å²) in [5.41, 5.74) is 1.03. The Morgan fingerprint density at radius 1 is 0.933 bits per heavy atom. The van der Waals surface area contributed by atoms with Crippen LogP contribution >= 0.6 is 23.1 Å². The third-order valence-electron chi connectivity index (χ3n) is 4.18. The third kappa shape index (κ3) is 4.12. The first-order valence-corrected chi connectivity index (χ1v) is 10.7. The minimum atomic E-state index is -0.851. The van der Waals surface area contributed by atoms with Crippen LogP contribution in [0.25, 0.3) is 0 Å². The fourth-order valence-electron chi connectivity index (χ4n) is 2.75. The fraction of sp³-hybridized carbons (Fsp3) is 0.0476. The van der Waals surface area contributed by atoms with Crippen LogP contribution < -0.4 is 5.32 Å². The van der Waals surface area contributed by atoms with Crippen molar-refractivity contribution in [3.63, 3.8) is 0 Å². The Morgan fingerprint density at radius 3 is 2.20 bits per heavy atom. The van der Waals surface area contributed by atoms with Crippen molar-refractivity contribution < 1.29 is 24.0 Å². The van der Waals surface area contributed by atoms with E-state index in [0.717, 1.165) is 4.21 Å². The van der Waals surface area contributed by atoms with Crippen molar-refractivity contribution in [1.29, 1.82) is 0 Å². The average molecular weight is 438 g/mol. The molecule has 30 heavy (non-hydrogen) atoms. The van der Waals surface area contributed by atoms with Crippen LogP contribution in [0.1, 0.15) is 31.1 Å². The van der Waals surface area contributed by atoms with E-state index in [1.807, 2.05) is 17.5 Å². The summed E-state index contributed by atoms with van der Waals surface area (Å²) in [4.78, 5) is 54.0. The number of hydroxylamine groups is 2. The van der Waals surface area contributed by atoms with Crippen molar-refractivity contribution >= 4 is 52.5 Å². The van der Waals surface area contributed by atoms with Crippen LogP contribution in [0, 0.1) is 0 Å². The molecule has 1 N–H and O–H groups in total. The quantitative estimate of drug-likeness (QED) is 0.464. The Morgan fingerprint density at radius 2 is 1.60 bits per heavy atom. The van der Waals surface area contributed by atoms with Crippen molar-refractivity contribution in [2.24, 2.45) is 0 Å². The Labute approximate surface area is 179 Å². The van der Waals surface area contributed by atoms with E-state index in [1.165, 1.54) is 36.0 Å². The van der Waals surface area contributed by atoms with Crippen molar-refractivity contribution in [3.8, 4) is 0 Å². The zero-order valence-electron chi connectivity index (χ0n) is 15.4. The molecule has 0 saturated carbocycles. The van der Waals surface area contributed by atoms with E-state index >= 15 is 0 Å². The molecule has 0 radical (unpaired) electrons. The third-order valence-corrected chi connectivity index (χ3v) is 6.31. The second-order valence-corrected chi connectivity index (χ2v) is 8.40. The number of anilines is 1. The van der Waals surface area contributed by atoms with Gasteiger partial charge in [0, 0.05) is 5.69 Å². The van der Waals surface area contributed by atoms with Crippen LogP contribution in [-0.4, -0.2) is 34.5 Å². The maximum Gasteiger partial charge on any atom is 0.363 e. The maximum absolute atomic E-state index is 12.4. The van der Waals surface area contributed by atoms with Gasteiger partial charge in [-0.1, -0.05) is 23.3 Å². The number of rotatable bonds is 6. The number of amides is 3. The van der Waals surface area contributed by atoms with Crippen LogP contribution in [0.2, 0.25) is 0 Å². The molecule has 0 unspecified atom stereocenters. The molecule has 0 spiro atoms. The van der Waals surface area contributed by atoms with Gasteiger partial charge in [-0.3, -0.25) is 14.4 Å². The number of nitrogens with zero attached hydrogens (tertiary/aromatic N) is 1. The van der Waals surface area contributed by atoms with Crippen molar-refractivity contribution in [3.05, 3.63) is 82.7 Å². The molecule has 0 aliphatic carbocycles. The molecule has 2 aromatic carbocycles. The van der Waals surface area contributed by atoms with Gasteiger partial charge in [0.1, 0.15) is 0 Å². The largest absolute Gasteiger partial charge is 0.363 e. The highest BCUT2D eigenvalue weighted by Crippen LogP contribution is 2.24. The number of hydrogen-bond acceptors (Lipinski definition) is 7. The molecule has 1 aliphatic rings. The second-order valence-electron chi connectivity index (χ2n) is 6.18. The normalized spacial score (nSPS) is 12.6. The van der Waals surface area contributed by atoms with E-state index < -0.39 is 17.8 Å². The number of carbonyl (C=O) groups is 4. The zero-order valence-corrected chi connectivity index (χ0v) is 17.0. The first-order chi connectivity index (χ1) is 14.5. The lowest BCUT2D eigenvalue weighted by atomic mass is 10.1. The molecule has 150 valence electrons. The highest BCUT2D eigenvalue weighted by molar-refractivity contribution is 8.01. The Bertz CT molecular complexity index is 1090. The lowest BCUT2D eigenvalue weighted by molar-refractivity contribution is -0.113. The predicted molar refractivity (Wildman–Crippen MR) is 112 cm³/mol. The van der Waals surface area contributed by atoms with Gasteiger partial charge in [0.2, 0.25) is 5.91 Å². The summed E-state index contributed by atoms with van der Waals surface area (Å²) in [6.45, 7) is 0. The monoisotopic (exact) mass is 438 g/mol. The van der Waals surface area contributed by atoms with E-state index in [0.29, 0.717) is 10.8 Å². The Hall–Kier alpha value is -3.43. The fourth-order valence-corrected chi connectivity index (χ4v) is 4.34. The molecular formula is C21H14N2O5S2. The highest BCUT2D eigenvalue weighted by Gasteiger charge is 2.38. The van der Waals surface area contributed by atoms with Crippen LogP contribution in [0.15, 0.2) is 70.3 Å². The van der Waals surface area contributed by atoms with Crippen LogP contribution in [-0.2, 0) is 9.63 Å². The summed E-state index contributed by atoms with van der Waals surface area (Å²) in [6, 6.07) is 16.1. The second kappa shape index (κ2) is 8.52. The summed E-state index contributed by atoms with van der Waals surface area (Å²) in [5, 5.41) is 5.15. The molecule has 3 amide bonds. The smallest absolute Gasteiger partial charge is 0.325 e. The number of carbonyl (C=O) groups excluding carboxylic acids is 4. The van der Waals surface area contributed by atoms with Gasteiger partial charge in [0.15, 0.2) is 0 Å². The molecule has 1 aliphatic heterocycles. The standard InChI is InChI=1S/C21H14N2O5S2/c24-17(12-30-18-6-3-11-29-18)22-14-9-7-13(8-10-14)21(27)28-23-19(25)15-4-1-2-5-16(15)20(23)26/h1-11H,12H2,(H,22,24). The number of imide groups is 1. The van der Waals surface area contributed by atoms with E-state index in [1.54, 1.807) is 35.6 Å². The SMILES string of the molecule is O=C(CSc1cccs1)Nc1ccc(C(=O)ON2C(=O)c3ccccc3C2=O)cc1. The van der Waals surface area contributed by atoms with Crippen molar-refractivity contribution in [2.75, 3.05) is 11.1 Å². The summed E-state index contributed by atoms with van der Waals surface area (Å²) in [6.07, 6.45) is 0. The summed E-state index contributed by atoms with van der Waals surface area (Å²) in [5.74, 6) is -2.12. The van der Waals surface area contributed by atoms with Crippen molar-refractivity contribution in [2.45, 2.75) is 4.21 Å². The highest BCUT2D eigenvalue weighted by atomic mass is 32.2. The average Bonchev–Trinajstić information content (AvgIpc) is 3.36. The molecule has 0 saturated heterocycles. The number of fused-ring (bicyclic) bond motifs is 1. The molecule has 0 fully saturated rings. The number of thioether (sulfide) groups is 1. The minimum Gasteiger partial charge on any atom is -0.325 e. The van der Waals surface area contributed by atoms with E-state index in [-0.39, 0.29) is 28.4 Å². The van der Waals surface area contributed by atoms with Gasteiger partial charge < -0.3 is 10.2 Å². The van der Waals surface area contributed by atoms with Gasteiger partial charge in [-0.2, -0.15) is 0 Å². The molecule has 4 rings (SSSR count). The Kier molecular flexibility index (Phi) is 5.64. The molecular weight excluding hydrogens is 424 g/mol. The van der Waals surface area contributed by atoms with Crippen LogP contribution in [0.4, 0.5) is 5.69 Å². The number of nitrogens with one attached hydrogen (secondary N) is 1. The van der Waals surface area contributed by atoms with Gasteiger partial charge in [0.05, 0.1) is 26.7 Å². The molecule has 2 heterocycles. The summed E-state index contributed by atoms with van der Waals surface area (Å²) >= 11 is 3.00. The lowest BCUT2D eigenvalue weighted by Crippen LogP contribution is -2.32. The lowest BCUT2D eigenvalue weighted by Gasteiger charge is -2.13. The van der Waals surface area contributed by atoms with Crippen LogP contribution in [0.5, 0.6) is 0 Å². The summed E-state index contributed by atoms with van der Waals surface area (Å²) in [7, 11) is 0. The molecule has 0 atom stereocenters. The molecule has 0 bridgehead atoms. The maximum atomic E-state index is 12.4. The van der Waals surface area contributed by atoms with Gasteiger partial charge in [-0.15, -0.1) is 23.1 Å². The van der Waals surface area contributed by atoms with Gasteiger partial charge in [0.25, 0.3) is 11.8 Å². The zero-order chi connectivity index (χ0) is 21.1. The minimum absolute atomic E-state index is 0.137. The van der Waals surface area contributed by atoms with Gasteiger partial charge in [-0.05, 0) is 47.8 Å². The molecule has 3 aromatic rings. The number of thiophene rings is 1. The summed E-state index contributed by atoms with van der Waals surface area (Å²) < 4.78 is 1.05.